The maximum atomic E-state index is 10.6. The topological polar surface area (TPSA) is 106 Å². The second kappa shape index (κ2) is 4.65. The minimum atomic E-state index is -0.847. The summed E-state index contributed by atoms with van der Waals surface area (Å²) in [5.74, 6) is 0.421. The van der Waals surface area contributed by atoms with Crippen molar-refractivity contribution < 1.29 is 14.9 Å². The van der Waals surface area contributed by atoms with Gasteiger partial charge in [-0.1, -0.05) is 0 Å². The van der Waals surface area contributed by atoms with Gasteiger partial charge in [-0.3, -0.25) is 0 Å². The molecular weight excluding hydrogens is 284 g/mol. The molecule has 7 heteroatoms. The maximum Gasteiger partial charge on any atom is 0.145 e. The third-order valence-corrected chi connectivity index (χ3v) is 5.21. The summed E-state index contributed by atoms with van der Waals surface area (Å²) in [5, 5.41) is 21.9. The van der Waals surface area contributed by atoms with Gasteiger partial charge in [-0.25, -0.2) is 9.97 Å². The summed E-state index contributed by atoms with van der Waals surface area (Å²) in [6.07, 6.45) is 3.17. The number of hydrogen-bond acceptors (Lipinski definition) is 6. The van der Waals surface area contributed by atoms with Crippen molar-refractivity contribution in [3.05, 3.63) is 18.6 Å². The number of hydrogen-bond donors (Lipinski definition) is 3. The van der Waals surface area contributed by atoms with E-state index in [4.69, 9.17) is 10.5 Å². The fraction of sp³-hybridized carbons (Fsp3) is 0.600. The molecule has 0 unspecified atom stereocenters. The Morgan fingerprint density at radius 2 is 2.18 bits per heavy atom. The van der Waals surface area contributed by atoms with Gasteiger partial charge < -0.3 is 25.3 Å². The molecule has 2 fully saturated rings. The normalized spacial score (nSPS) is 38.3. The fourth-order valence-corrected chi connectivity index (χ4v) is 4.10. The first kappa shape index (κ1) is 13.9. The molecule has 118 valence electrons. The van der Waals surface area contributed by atoms with Crippen LogP contribution in [0.25, 0.3) is 11.0 Å². The van der Waals surface area contributed by atoms with Crippen molar-refractivity contribution in [2.24, 2.45) is 5.41 Å². The highest BCUT2D eigenvalue weighted by Crippen LogP contribution is 2.51. The Morgan fingerprint density at radius 3 is 2.91 bits per heavy atom. The highest BCUT2D eigenvalue weighted by Gasteiger charge is 2.56. The van der Waals surface area contributed by atoms with Gasteiger partial charge in [-0.05, 0) is 25.8 Å². The molecule has 2 aromatic rings. The number of nitrogens with zero attached hydrogens (tertiary/aromatic N) is 3. The average Bonchev–Trinajstić information content (AvgIpc) is 3.14. The van der Waals surface area contributed by atoms with Gasteiger partial charge >= 0.3 is 0 Å². The van der Waals surface area contributed by atoms with E-state index in [1.165, 1.54) is 6.33 Å². The van der Waals surface area contributed by atoms with Gasteiger partial charge in [-0.2, -0.15) is 0 Å². The Hall–Kier alpha value is -1.70. The van der Waals surface area contributed by atoms with Gasteiger partial charge in [0.1, 0.15) is 23.9 Å². The molecule has 2 aromatic heterocycles. The zero-order valence-corrected chi connectivity index (χ0v) is 12.4. The molecule has 0 radical (unpaired) electrons. The molecule has 1 saturated heterocycles. The van der Waals surface area contributed by atoms with E-state index in [1.807, 2.05) is 23.8 Å². The van der Waals surface area contributed by atoms with Gasteiger partial charge in [0.25, 0.3) is 0 Å². The number of fused-ring (bicyclic) bond motifs is 1. The van der Waals surface area contributed by atoms with Crippen molar-refractivity contribution in [1.29, 1.82) is 0 Å². The van der Waals surface area contributed by atoms with Gasteiger partial charge in [0.05, 0.1) is 30.2 Å². The Kier molecular flexibility index (Phi) is 2.94. The van der Waals surface area contributed by atoms with Crippen LogP contribution in [0, 0.1) is 5.41 Å². The van der Waals surface area contributed by atoms with Crippen molar-refractivity contribution in [1.82, 2.24) is 14.5 Å². The molecule has 1 spiro atoms. The lowest BCUT2D eigenvalue weighted by atomic mass is 9.81. The Labute approximate surface area is 127 Å². The fourth-order valence-electron chi connectivity index (χ4n) is 4.10. The molecular formula is C15H20N4O3. The number of anilines is 1. The van der Waals surface area contributed by atoms with Gasteiger partial charge in [0.15, 0.2) is 0 Å². The standard InChI is InChI=1S/C15H20N4O3/c1-8-4-15(6-22-8)5-10(11(20)12(15)21)19-3-2-9-13(16)17-7-18-14(9)19/h2-3,7-8,10-12,20-21H,4-6H2,1H3,(H2,16,17,18)/t8-,10-,11+,12+,15+/m1/s1. The molecule has 0 bridgehead atoms. The predicted octanol–water partition coefficient (Wildman–Crippen LogP) is 0.475. The van der Waals surface area contributed by atoms with Crippen LogP contribution in [0.4, 0.5) is 5.82 Å². The van der Waals surface area contributed by atoms with Crippen LogP contribution in [0.3, 0.4) is 0 Å². The average molecular weight is 304 g/mol. The van der Waals surface area contributed by atoms with Crippen LogP contribution in [0.1, 0.15) is 25.8 Å². The predicted molar refractivity (Wildman–Crippen MR) is 80.1 cm³/mol. The summed E-state index contributed by atoms with van der Waals surface area (Å²) in [6.45, 7) is 2.49. The molecule has 4 N–H and O–H groups in total. The lowest BCUT2D eigenvalue weighted by Gasteiger charge is -2.25. The smallest absolute Gasteiger partial charge is 0.145 e. The largest absolute Gasteiger partial charge is 0.390 e. The lowest BCUT2D eigenvalue weighted by molar-refractivity contribution is -0.0307. The molecule has 22 heavy (non-hydrogen) atoms. The molecule has 0 amide bonds. The van der Waals surface area contributed by atoms with Crippen molar-refractivity contribution in [2.45, 2.75) is 44.1 Å². The first-order valence-corrected chi connectivity index (χ1v) is 7.56. The second-order valence-electron chi connectivity index (χ2n) is 6.61. The summed E-state index contributed by atoms with van der Waals surface area (Å²) in [5.41, 5.74) is 6.18. The number of aromatic nitrogens is 3. The number of rotatable bonds is 1. The van der Waals surface area contributed by atoms with Crippen LogP contribution in [0.5, 0.6) is 0 Å². The quantitative estimate of drug-likeness (QED) is 0.707. The second-order valence-corrected chi connectivity index (χ2v) is 6.61. The van der Waals surface area contributed by atoms with E-state index in [0.29, 0.717) is 24.5 Å². The highest BCUT2D eigenvalue weighted by atomic mass is 16.5. The maximum absolute atomic E-state index is 10.6. The monoisotopic (exact) mass is 304 g/mol. The van der Waals surface area contributed by atoms with Crippen LogP contribution >= 0.6 is 0 Å². The van der Waals surface area contributed by atoms with Crippen LogP contribution in [0.2, 0.25) is 0 Å². The number of nitrogens with two attached hydrogens (primary N) is 1. The third kappa shape index (κ3) is 1.79. The Bertz CT molecular complexity index is 718. The van der Waals surface area contributed by atoms with E-state index >= 15 is 0 Å². The van der Waals surface area contributed by atoms with Gasteiger partial charge in [0.2, 0.25) is 0 Å². The number of aliphatic hydroxyl groups excluding tert-OH is 2. The molecule has 1 aliphatic carbocycles. The first-order valence-electron chi connectivity index (χ1n) is 7.56. The SMILES string of the molecule is C[C@@H]1C[C@@]2(CO1)C[C@@H](n1ccc3c(N)ncnc31)[C@H](O)[C@@H]2O. The molecule has 3 heterocycles. The summed E-state index contributed by atoms with van der Waals surface area (Å²) >= 11 is 0. The lowest BCUT2D eigenvalue weighted by Crippen LogP contribution is -2.37. The van der Waals surface area contributed by atoms with Crippen LogP contribution in [-0.4, -0.2) is 49.7 Å². The summed E-state index contributed by atoms with van der Waals surface area (Å²) < 4.78 is 7.56. The molecule has 1 aliphatic heterocycles. The van der Waals surface area contributed by atoms with E-state index < -0.39 is 12.2 Å². The molecule has 7 nitrogen and oxygen atoms in total. The minimum Gasteiger partial charge on any atom is -0.390 e. The van der Waals surface area contributed by atoms with E-state index in [0.717, 1.165) is 11.8 Å². The number of aliphatic hydroxyl groups is 2. The Morgan fingerprint density at radius 1 is 1.36 bits per heavy atom. The highest BCUT2D eigenvalue weighted by molar-refractivity contribution is 5.86. The number of nitrogen functional groups attached to an aromatic ring is 1. The summed E-state index contributed by atoms with van der Waals surface area (Å²) in [7, 11) is 0. The summed E-state index contributed by atoms with van der Waals surface area (Å²) in [4.78, 5) is 8.27. The Balaban J connectivity index is 1.75. The van der Waals surface area contributed by atoms with E-state index in [9.17, 15) is 10.2 Å². The third-order valence-electron chi connectivity index (χ3n) is 5.21. The molecule has 2 aliphatic rings. The van der Waals surface area contributed by atoms with Crippen molar-refractivity contribution in [3.63, 3.8) is 0 Å². The molecule has 4 rings (SSSR count). The molecule has 0 aromatic carbocycles. The van der Waals surface area contributed by atoms with Crippen molar-refractivity contribution in [2.75, 3.05) is 12.3 Å². The van der Waals surface area contributed by atoms with Gasteiger partial charge in [-0.15, -0.1) is 0 Å². The zero-order chi connectivity index (χ0) is 15.5. The van der Waals surface area contributed by atoms with E-state index in [2.05, 4.69) is 9.97 Å². The van der Waals surface area contributed by atoms with Crippen molar-refractivity contribution in [3.8, 4) is 0 Å². The molecule has 1 saturated carbocycles. The zero-order valence-electron chi connectivity index (χ0n) is 12.4. The first-order chi connectivity index (χ1) is 10.5. The summed E-state index contributed by atoms with van der Waals surface area (Å²) in [6, 6.07) is 1.61. The van der Waals surface area contributed by atoms with Crippen LogP contribution in [0.15, 0.2) is 18.6 Å². The van der Waals surface area contributed by atoms with Crippen LogP contribution in [-0.2, 0) is 4.74 Å². The van der Waals surface area contributed by atoms with E-state index in [-0.39, 0.29) is 17.6 Å². The molecule has 5 atom stereocenters. The van der Waals surface area contributed by atoms with Gasteiger partial charge in [0, 0.05) is 11.6 Å². The number of ether oxygens (including phenoxy) is 1. The van der Waals surface area contributed by atoms with E-state index in [1.54, 1.807) is 0 Å². The minimum absolute atomic E-state index is 0.111. The van der Waals surface area contributed by atoms with Crippen molar-refractivity contribution >= 4 is 16.9 Å². The van der Waals surface area contributed by atoms with Crippen LogP contribution < -0.4 is 5.73 Å².